The topological polar surface area (TPSA) is 60.2 Å². The van der Waals surface area contributed by atoms with Crippen LogP contribution in [0.25, 0.3) is 21.9 Å². The number of alkyl halides is 2. The van der Waals surface area contributed by atoms with Crippen molar-refractivity contribution in [1.29, 1.82) is 0 Å². The highest BCUT2D eigenvalue weighted by Crippen LogP contribution is 2.49. The molecule has 1 saturated heterocycles. The number of aromatic nitrogens is 3. The number of rotatable bonds is 3. The van der Waals surface area contributed by atoms with Crippen LogP contribution in [0.1, 0.15) is 64.7 Å². The number of aliphatic hydroxyl groups is 1. The summed E-state index contributed by atoms with van der Waals surface area (Å²) in [5, 5.41) is 11.0. The fourth-order valence-corrected chi connectivity index (χ4v) is 4.66. The molecule has 2 fully saturated rings. The second-order valence-corrected chi connectivity index (χ2v) is 8.24. The van der Waals surface area contributed by atoms with E-state index in [1.54, 1.807) is 12.3 Å². The predicted molar refractivity (Wildman–Crippen MR) is 120 cm³/mol. The summed E-state index contributed by atoms with van der Waals surface area (Å²) >= 11 is 6.24. The minimum atomic E-state index is -2.62. The van der Waals surface area contributed by atoms with Gasteiger partial charge in [0, 0.05) is 41.8 Å². The van der Waals surface area contributed by atoms with Gasteiger partial charge in [0.1, 0.15) is 11.3 Å². The Morgan fingerprint density at radius 3 is 2.68 bits per heavy atom. The van der Waals surface area contributed by atoms with Crippen LogP contribution in [-0.2, 0) is 4.74 Å². The summed E-state index contributed by atoms with van der Waals surface area (Å²) in [5.74, 6) is -2.23. The molecular formula is C23H30ClF2N3O2. The maximum Gasteiger partial charge on any atom is 0.249 e. The highest BCUT2D eigenvalue weighted by atomic mass is 35.5. The molecule has 1 aromatic carbocycles. The molecule has 2 aromatic heterocycles. The van der Waals surface area contributed by atoms with Crippen LogP contribution in [0.4, 0.5) is 8.78 Å². The molecule has 0 bridgehead atoms. The zero-order valence-corrected chi connectivity index (χ0v) is 17.9. The van der Waals surface area contributed by atoms with Gasteiger partial charge in [-0.15, -0.1) is 0 Å². The molecule has 2 aliphatic rings. The molecule has 1 N–H and O–H groups in total. The van der Waals surface area contributed by atoms with Crippen LogP contribution in [0.3, 0.4) is 0 Å². The molecule has 3 heterocycles. The minimum Gasteiger partial charge on any atom is -0.394 e. The van der Waals surface area contributed by atoms with Gasteiger partial charge in [-0.25, -0.2) is 13.8 Å². The fourth-order valence-electron chi connectivity index (χ4n) is 4.49. The lowest BCUT2D eigenvalue weighted by Gasteiger charge is -2.37. The van der Waals surface area contributed by atoms with Gasteiger partial charge in [0.25, 0.3) is 0 Å². The summed E-state index contributed by atoms with van der Waals surface area (Å²) in [7, 11) is 0. The Labute approximate surface area is 186 Å². The van der Waals surface area contributed by atoms with E-state index in [9.17, 15) is 13.9 Å². The number of imidazole rings is 1. The quantitative estimate of drug-likeness (QED) is 0.518. The molecule has 8 heteroatoms. The first kappa shape index (κ1) is 23.8. The van der Waals surface area contributed by atoms with E-state index >= 15 is 0 Å². The third-order valence-electron chi connectivity index (χ3n) is 5.87. The molecule has 5 nitrogen and oxygen atoms in total. The van der Waals surface area contributed by atoms with Crippen molar-refractivity contribution in [3.63, 3.8) is 0 Å². The molecule has 1 aliphatic heterocycles. The number of ether oxygens (including phenoxy) is 1. The number of nitrogens with zero attached hydrogens (tertiary/aromatic N) is 3. The van der Waals surface area contributed by atoms with Crippen molar-refractivity contribution < 1.29 is 18.6 Å². The van der Waals surface area contributed by atoms with Crippen LogP contribution < -0.4 is 0 Å². The van der Waals surface area contributed by atoms with Gasteiger partial charge in [0.05, 0.1) is 29.9 Å². The third kappa shape index (κ3) is 4.41. The van der Waals surface area contributed by atoms with Crippen molar-refractivity contribution in [3.8, 4) is 0 Å². The number of halogens is 3. The van der Waals surface area contributed by atoms with Gasteiger partial charge in [0.15, 0.2) is 0 Å². The lowest BCUT2D eigenvalue weighted by atomic mass is 9.80. The zero-order valence-electron chi connectivity index (χ0n) is 17.1. The number of fused-ring (bicyclic) bond motifs is 3. The van der Waals surface area contributed by atoms with Gasteiger partial charge in [-0.2, -0.15) is 0 Å². The van der Waals surface area contributed by atoms with Gasteiger partial charge in [-0.1, -0.05) is 32.9 Å². The van der Waals surface area contributed by atoms with Gasteiger partial charge in [-0.05, 0) is 31.0 Å². The van der Waals surface area contributed by atoms with Crippen LogP contribution in [0, 0.1) is 0 Å². The van der Waals surface area contributed by atoms with Gasteiger partial charge in [-0.3, -0.25) is 4.98 Å². The van der Waals surface area contributed by atoms with Crippen LogP contribution in [-0.4, -0.2) is 44.9 Å². The van der Waals surface area contributed by atoms with Gasteiger partial charge >= 0.3 is 0 Å². The van der Waals surface area contributed by atoms with E-state index in [0.29, 0.717) is 29.4 Å². The Morgan fingerprint density at radius 2 is 2.00 bits per heavy atom. The van der Waals surface area contributed by atoms with Gasteiger partial charge in [0.2, 0.25) is 5.92 Å². The molecule has 0 amide bonds. The van der Waals surface area contributed by atoms with E-state index in [1.807, 2.05) is 26.0 Å². The highest BCUT2D eigenvalue weighted by molar-refractivity contribution is 6.31. The molecule has 2 atom stereocenters. The monoisotopic (exact) mass is 453 g/mol. The lowest BCUT2D eigenvalue weighted by Crippen LogP contribution is -2.37. The molecule has 1 aliphatic carbocycles. The van der Waals surface area contributed by atoms with E-state index in [4.69, 9.17) is 21.3 Å². The molecule has 5 rings (SSSR count). The van der Waals surface area contributed by atoms with Crippen LogP contribution in [0.2, 0.25) is 5.02 Å². The standard InChI is InChI=1S/C20H20ClF2N3O2.C2H6.CH4/c21-12-1-2-16-15(5-12)18-17(9-24-16)25-19(11-7-20(22,23)8-11)26(18)13-3-4-28-14(6-13)10-27;1-2;/h1-2,5,9,11,13-14,27H,3-4,6-8,10H2;1-2H3;1H4. The van der Waals surface area contributed by atoms with Crippen molar-refractivity contribution in [2.75, 3.05) is 13.2 Å². The average molecular weight is 454 g/mol. The first-order valence-electron chi connectivity index (χ1n) is 10.5. The second-order valence-electron chi connectivity index (χ2n) is 7.81. The first-order valence-corrected chi connectivity index (χ1v) is 10.9. The van der Waals surface area contributed by atoms with Crippen LogP contribution >= 0.6 is 11.6 Å². The maximum absolute atomic E-state index is 13.6. The molecule has 1 saturated carbocycles. The molecule has 31 heavy (non-hydrogen) atoms. The summed E-state index contributed by atoms with van der Waals surface area (Å²) in [6.45, 7) is 4.45. The molecule has 0 spiro atoms. The van der Waals surface area contributed by atoms with Crippen molar-refractivity contribution in [1.82, 2.24) is 14.5 Å². The summed E-state index contributed by atoms with van der Waals surface area (Å²) in [4.78, 5) is 9.19. The Morgan fingerprint density at radius 1 is 1.26 bits per heavy atom. The normalized spacial score (nSPS) is 23.0. The smallest absolute Gasteiger partial charge is 0.249 e. The molecule has 2 unspecified atom stereocenters. The minimum absolute atomic E-state index is 0. The largest absolute Gasteiger partial charge is 0.394 e. The maximum atomic E-state index is 13.6. The number of aliphatic hydroxyl groups excluding tert-OH is 1. The van der Waals surface area contributed by atoms with E-state index < -0.39 is 5.92 Å². The summed E-state index contributed by atoms with van der Waals surface area (Å²) in [6.07, 6.45) is 2.42. The van der Waals surface area contributed by atoms with E-state index in [-0.39, 0.29) is 44.9 Å². The summed E-state index contributed by atoms with van der Waals surface area (Å²) < 4.78 is 34.9. The molecule has 0 radical (unpaired) electrons. The second kappa shape index (κ2) is 9.35. The Hall–Kier alpha value is -1.83. The SMILES string of the molecule is C.CC.OCC1CC(n2c(C3CC(F)(F)C3)nc3cnc4ccc(Cl)cc4c32)CCO1. The van der Waals surface area contributed by atoms with E-state index in [2.05, 4.69) is 9.55 Å². The van der Waals surface area contributed by atoms with Crippen LogP contribution in [0.15, 0.2) is 24.4 Å². The average Bonchev–Trinajstić information content (AvgIpc) is 3.13. The summed E-state index contributed by atoms with van der Waals surface area (Å²) in [5.41, 5.74) is 2.35. The van der Waals surface area contributed by atoms with E-state index in [0.717, 1.165) is 22.8 Å². The number of hydrogen-bond donors (Lipinski definition) is 1. The predicted octanol–water partition coefficient (Wildman–Crippen LogP) is 6.13. The van der Waals surface area contributed by atoms with Gasteiger partial charge < -0.3 is 14.4 Å². The Balaban J connectivity index is 0.000000883. The van der Waals surface area contributed by atoms with Crippen molar-refractivity contribution in [2.24, 2.45) is 0 Å². The lowest BCUT2D eigenvalue weighted by molar-refractivity contribution is -0.0900. The summed E-state index contributed by atoms with van der Waals surface area (Å²) in [6, 6.07) is 5.51. The van der Waals surface area contributed by atoms with Crippen molar-refractivity contribution in [3.05, 3.63) is 35.2 Å². The Bertz CT molecular complexity index is 1050. The number of hydrogen-bond acceptors (Lipinski definition) is 4. The zero-order chi connectivity index (χ0) is 21.5. The number of pyridine rings is 1. The fraction of sp³-hybridized carbons (Fsp3) is 0.565. The van der Waals surface area contributed by atoms with Crippen molar-refractivity contribution >= 4 is 33.5 Å². The van der Waals surface area contributed by atoms with Crippen molar-refractivity contribution in [2.45, 2.75) is 70.9 Å². The molecular weight excluding hydrogens is 424 g/mol. The molecule has 3 aromatic rings. The first-order chi connectivity index (χ1) is 14.4. The molecule has 170 valence electrons. The third-order valence-corrected chi connectivity index (χ3v) is 6.10. The Kier molecular flexibility index (Phi) is 7.18. The highest BCUT2D eigenvalue weighted by Gasteiger charge is 2.48. The van der Waals surface area contributed by atoms with Crippen LogP contribution in [0.5, 0.6) is 0 Å². The number of benzene rings is 1. The van der Waals surface area contributed by atoms with E-state index in [1.165, 1.54) is 0 Å².